The maximum Gasteiger partial charge on any atom is 0.343 e. The lowest BCUT2D eigenvalue weighted by Gasteiger charge is -2.29. The summed E-state index contributed by atoms with van der Waals surface area (Å²) in [7, 11) is -2.50. The lowest BCUT2D eigenvalue weighted by molar-refractivity contribution is -0.142. The van der Waals surface area contributed by atoms with E-state index in [0.29, 0.717) is 37.0 Å². The highest BCUT2D eigenvalue weighted by atomic mass is 32.2. The zero-order valence-corrected chi connectivity index (χ0v) is 20.9. The van der Waals surface area contributed by atoms with Crippen molar-refractivity contribution >= 4 is 21.9 Å². The largest absolute Gasteiger partial charge is 0.482 e. The first-order chi connectivity index (χ1) is 16.6. The molecule has 1 atom stereocenters. The molecule has 1 amide bonds. The zero-order valence-electron chi connectivity index (χ0n) is 20.0. The van der Waals surface area contributed by atoms with Crippen LogP contribution in [0.25, 0.3) is 0 Å². The third kappa shape index (κ3) is 7.25. The van der Waals surface area contributed by atoms with Crippen LogP contribution in [0.1, 0.15) is 49.8 Å². The molecule has 1 saturated carbocycles. The van der Waals surface area contributed by atoms with Crippen molar-refractivity contribution in [3.63, 3.8) is 0 Å². The number of hydrogen-bond acceptors (Lipinski definition) is 6. The van der Waals surface area contributed by atoms with Gasteiger partial charge in [-0.15, -0.1) is 0 Å². The molecule has 1 aliphatic carbocycles. The van der Waals surface area contributed by atoms with Crippen LogP contribution in [-0.4, -0.2) is 40.1 Å². The van der Waals surface area contributed by atoms with Gasteiger partial charge in [-0.05, 0) is 81.0 Å². The van der Waals surface area contributed by atoms with Crippen LogP contribution in [0.3, 0.4) is 0 Å². The third-order valence-corrected chi connectivity index (χ3v) is 7.70. The molecular weight excluding hydrogens is 475 g/mol. The summed E-state index contributed by atoms with van der Waals surface area (Å²) in [5.74, 6) is -0.743. The number of methoxy groups -OCH3 is 1. The molecule has 1 fully saturated rings. The van der Waals surface area contributed by atoms with Gasteiger partial charge < -0.3 is 14.8 Å². The smallest absolute Gasteiger partial charge is 0.343 e. The van der Waals surface area contributed by atoms with Crippen molar-refractivity contribution in [1.29, 1.82) is 0 Å². The number of rotatable bonds is 9. The van der Waals surface area contributed by atoms with Crippen LogP contribution in [0.15, 0.2) is 47.4 Å². The van der Waals surface area contributed by atoms with Gasteiger partial charge in [-0.3, -0.25) is 4.79 Å². The lowest BCUT2D eigenvalue weighted by atomic mass is 9.85. The molecule has 10 heteroatoms. The fourth-order valence-electron chi connectivity index (χ4n) is 4.07. The predicted octanol–water partition coefficient (Wildman–Crippen LogP) is 3.40. The number of aryl methyl sites for hydroxylation is 1. The molecule has 2 aromatic rings. The number of nitrogens with one attached hydrogen (secondary N) is 2. The van der Waals surface area contributed by atoms with Crippen molar-refractivity contribution < 1.29 is 31.9 Å². The van der Waals surface area contributed by atoms with E-state index in [1.807, 2.05) is 6.92 Å². The summed E-state index contributed by atoms with van der Waals surface area (Å²) >= 11 is 0. The van der Waals surface area contributed by atoms with Crippen LogP contribution < -0.4 is 14.8 Å². The van der Waals surface area contributed by atoms with E-state index in [2.05, 4.69) is 14.8 Å². The van der Waals surface area contributed by atoms with E-state index in [4.69, 9.17) is 4.74 Å². The topological polar surface area (TPSA) is 111 Å². The molecule has 0 radical (unpaired) electrons. The highest BCUT2D eigenvalue weighted by molar-refractivity contribution is 7.89. The maximum atomic E-state index is 13.1. The Bertz CT molecular complexity index is 1150. The number of amides is 1. The molecule has 2 aromatic carbocycles. The minimum absolute atomic E-state index is 0.0821. The highest BCUT2D eigenvalue weighted by Gasteiger charge is 2.30. The van der Waals surface area contributed by atoms with Crippen LogP contribution in [0.4, 0.5) is 4.39 Å². The van der Waals surface area contributed by atoms with Gasteiger partial charge >= 0.3 is 5.97 Å². The van der Waals surface area contributed by atoms with Gasteiger partial charge in [0.15, 0.2) is 6.61 Å². The first-order valence-electron chi connectivity index (χ1n) is 11.5. The Hall–Kier alpha value is -2.98. The zero-order chi connectivity index (χ0) is 25.6. The molecule has 8 nitrogen and oxygen atoms in total. The van der Waals surface area contributed by atoms with Gasteiger partial charge in [-0.2, -0.15) is 0 Å². The van der Waals surface area contributed by atoms with Crippen molar-refractivity contribution in [2.24, 2.45) is 5.92 Å². The molecule has 0 aromatic heterocycles. The van der Waals surface area contributed by atoms with Gasteiger partial charge in [0.25, 0.3) is 0 Å². The number of halogens is 1. The summed E-state index contributed by atoms with van der Waals surface area (Å²) < 4.78 is 51.5. The number of benzene rings is 2. The SMILES string of the molecule is COC(=O)COc1ccc(S(=O)(=O)NC2CCC(C(=O)N[C@H](C)c3ccc(F)cc3)CC2)cc1C. The number of sulfonamides is 1. The number of carbonyl (C=O) groups is 2. The molecule has 0 heterocycles. The highest BCUT2D eigenvalue weighted by Crippen LogP contribution is 2.28. The van der Waals surface area contributed by atoms with E-state index in [1.54, 1.807) is 19.1 Å². The van der Waals surface area contributed by atoms with E-state index in [0.717, 1.165) is 5.56 Å². The van der Waals surface area contributed by atoms with Crippen LogP contribution in [0.5, 0.6) is 5.75 Å². The average molecular weight is 507 g/mol. The molecule has 0 saturated heterocycles. The van der Waals surface area contributed by atoms with E-state index in [9.17, 15) is 22.4 Å². The van der Waals surface area contributed by atoms with Crippen LogP contribution in [0, 0.1) is 18.7 Å². The Labute approximate surface area is 205 Å². The van der Waals surface area contributed by atoms with Gasteiger partial charge in [0.05, 0.1) is 18.0 Å². The summed E-state index contributed by atoms with van der Waals surface area (Å²) in [6, 6.07) is 9.92. The summed E-state index contributed by atoms with van der Waals surface area (Å²) in [5, 5.41) is 2.97. The Morgan fingerprint density at radius 1 is 1.09 bits per heavy atom. The van der Waals surface area contributed by atoms with Gasteiger partial charge in [-0.25, -0.2) is 22.3 Å². The Morgan fingerprint density at radius 2 is 1.74 bits per heavy atom. The standard InChI is InChI=1S/C25H31FN2O6S/c1-16-14-22(12-13-23(16)34-15-24(29)33-3)35(31,32)28-21-10-6-19(7-11-21)25(30)27-17(2)18-4-8-20(26)9-5-18/h4-5,8-9,12-14,17,19,21,28H,6-7,10-11,15H2,1-3H3,(H,27,30)/t17-,19?,21?/m1/s1. The van der Waals surface area contributed by atoms with Crippen molar-refractivity contribution in [3.05, 3.63) is 59.4 Å². The molecular formula is C25H31FN2O6S. The van der Waals surface area contributed by atoms with E-state index < -0.39 is 16.0 Å². The number of ether oxygens (including phenoxy) is 2. The number of esters is 1. The van der Waals surface area contributed by atoms with E-state index >= 15 is 0 Å². The van der Waals surface area contributed by atoms with Crippen LogP contribution in [-0.2, 0) is 24.3 Å². The van der Waals surface area contributed by atoms with Gasteiger partial charge in [0, 0.05) is 12.0 Å². The Morgan fingerprint density at radius 3 is 2.34 bits per heavy atom. The quantitative estimate of drug-likeness (QED) is 0.505. The third-order valence-electron chi connectivity index (χ3n) is 6.18. The van der Waals surface area contributed by atoms with Gasteiger partial charge in [-0.1, -0.05) is 12.1 Å². The molecule has 35 heavy (non-hydrogen) atoms. The molecule has 2 N–H and O–H groups in total. The molecule has 0 bridgehead atoms. The second kappa shape index (κ2) is 11.6. The summed E-state index contributed by atoms with van der Waals surface area (Å²) in [6.45, 7) is 3.28. The van der Waals surface area contributed by atoms with Crippen molar-refractivity contribution in [3.8, 4) is 5.75 Å². The minimum Gasteiger partial charge on any atom is -0.482 e. The fourth-order valence-corrected chi connectivity index (χ4v) is 5.46. The summed E-state index contributed by atoms with van der Waals surface area (Å²) in [5.41, 5.74) is 1.39. The molecule has 1 aliphatic rings. The first kappa shape index (κ1) is 26.6. The first-order valence-corrected chi connectivity index (χ1v) is 13.0. The van der Waals surface area contributed by atoms with Crippen molar-refractivity contribution in [1.82, 2.24) is 10.0 Å². The lowest BCUT2D eigenvalue weighted by Crippen LogP contribution is -2.41. The monoisotopic (exact) mass is 506 g/mol. The minimum atomic E-state index is -3.76. The molecule has 0 aliphatic heterocycles. The van der Waals surface area contributed by atoms with Crippen molar-refractivity contribution in [2.75, 3.05) is 13.7 Å². The second-order valence-electron chi connectivity index (χ2n) is 8.74. The molecule has 3 rings (SSSR count). The van der Waals surface area contributed by atoms with Crippen LogP contribution >= 0.6 is 0 Å². The van der Waals surface area contributed by atoms with Crippen LogP contribution in [0.2, 0.25) is 0 Å². The Kier molecular flexibility index (Phi) is 8.85. The Balaban J connectivity index is 1.52. The fraction of sp³-hybridized carbons (Fsp3) is 0.440. The van der Waals surface area contributed by atoms with E-state index in [-0.39, 0.29) is 41.2 Å². The van der Waals surface area contributed by atoms with Gasteiger partial charge in [0.2, 0.25) is 15.9 Å². The van der Waals surface area contributed by atoms with Crippen molar-refractivity contribution in [2.45, 2.75) is 56.5 Å². The number of hydrogen-bond donors (Lipinski definition) is 2. The number of carbonyl (C=O) groups excluding carboxylic acids is 2. The maximum absolute atomic E-state index is 13.1. The van der Waals surface area contributed by atoms with Gasteiger partial charge in [0.1, 0.15) is 11.6 Å². The average Bonchev–Trinajstić information content (AvgIpc) is 2.83. The second-order valence-corrected chi connectivity index (χ2v) is 10.5. The molecule has 0 spiro atoms. The van der Waals surface area contributed by atoms with E-state index in [1.165, 1.54) is 37.4 Å². The predicted molar refractivity (Wildman–Crippen MR) is 128 cm³/mol. The summed E-state index contributed by atoms with van der Waals surface area (Å²) in [6.07, 6.45) is 2.21. The molecule has 190 valence electrons. The normalized spacial score (nSPS) is 19.0. The molecule has 0 unspecified atom stereocenters. The summed E-state index contributed by atoms with van der Waals surface area (Å²) in [4.78, 5) is 24.0.